The van der Waals surface area contributed by atoms with Crippen LogP contribution in [0.3, 0.4) is 0 Å². The Morgan fingerprint density at radius 1 is 0.929 bits per heavy atom. The van der Waals surface area contributed by atoms with Crippen LogP contribution in [0.15, 0.2) is 88.1 Å². The zero-order chi connectivity index (χ0) is 19.5. The fraction of sp³-hybridized carbons (Fsp3) is 0.0455. The molecule has 4 rings (SSSR count). The molecule has 138 valence electrons. The monoisotopic (exact) mass is 386 g/mol. The molecular formula is C22H18N4OS. The first kappa shape index (κ1) is 18.0. The minimum atomic E-state index is 0.582. The van der Waals surface area contributed by atoms with Crippen molar-refractivity contribution in [2.45, 2.75) is 4.90 Å². The summed E-state index contributed by atoms with van der Waals surface area (Å²) in [5.74, 6) is 0.789. The van der Waals surface area contributed by atoms with E-state index in [1.54, 1.807) is 13.3 Å². The van der Waals surface area contributed by atoms with E-state index in [4.69, 9.17) is 10.5 Å². The van der Waals surface area contributed by atoms with Gasteiger partial charge in [0, 0.05) is 15.8 Å². The highest BCUT2D eigenvalue weighted by Gasteiger charge is 2.07. The number of fused-ring (bicyclic) bond motifs is 1. The summed E-state index contributed by atoms with van der Waals surface area (Å²) in [6, 6.07) is 21.2. The Kier molecular flexibility index (Phi) is 4.95. The summed E-state index contributed by atoms with van der Waals surface area (Å²) >= 11 is 4.54. The van der Waals surface area contributed by atoms with Crippen LogP contribution in [0.5, 0.6) is 5.75 Å². The van der Waals surface area contributed by atoms with Crippen LogP contribution < -0.4 is 10.5 Å². The van der Waals surface area contributed by atoms with Crippen LogP contribution in [0.4, 0.5) is 17.1 Å². The van der Waals surface area contributed by atoms with Crippen LogP contribution in [-0.4, -0.2) is 12.1 Å². The molecule has 5 nitrogen and oxygen atoms in total. The molecule has 3 aromatic carbocycles. The zero-order valence-corrected chi connectivity index (χ0v) is 16.1. The Balaban J connectivity index is 1.62. The number of nitrogen functional groups attached to an aromatic ring is 1. The summed E-state index contributed by atoms with van der Waals surface area (Å²) in [5, 5.41) is 10.5. The lowest BCUT2D eigenvalue weighted by molar-refractivity contribution is 0.415. The highest BCUT2D eigenvalue weighted by molar-refractivity contribution is 7.80. The molecule has 0 bridgehead atoms. The Labute approximate surface area is 168 Å². The predicted octanol–water partition coefficient (Wildman–Crippen LogP) is 6.20. The molecule has 0 spiro atoms. The van der Waals surface area contributed by atoms with Crippen LogP contribution in [0.1, 0.15) is 0 Å². The third kappa shape index (κ3) is 3.54. The number of pyridine rings is 1. The zero-order valence-electron chi connectivity index (χ0n) is 15.2. The van der Waals surface area contributed by atoms with Gasteiger partial charge >= 0.3 is 0 Å². The maximum atomic E-state index is 6.26. The Morgan fingerprint density at radius 3 is 2.50 bits per heavy atom. The van der Waals surface area contributed by atoms with Crippen LogP contribution in [0.25, 0.3) is 22.0 Å². The Morgan fingerprint density at radius 2 is 1.75 bits per heavy atom. The molecular weight excluding hydrogens is 368 g/mol. The molecule has 1 heterocycles. The number of nitrogens with two attached hydrogens (primary N) is 1. The molecule has 6 heteroatoms. The Bertz CT molecular complexity index is 1170. The topological polar surface area (TPSA) is 72.9 Å². The maximum Gasteiger partial charge on any atom is 0.119 e. The molecule has 1 aromatic heterocycles. The molecule has 0 atom stereocenters. The summed E-state index contributed by atoms with van der Waals surface area (Å²) in [5.41, 5.74) is 9.88. The van der Waals surface area contributed by atoms with E-state index >= 15 is 0 Å². The number of hydrogen-bond acceptors (Lipinski definition) is 6. The van der Waals surface area contributed by atoms with Gasteiger partial charge in [-0.2, -0.15) is 0 Å². The lowest BCUT2D eigenvalue weighted by Gasteiger charge is -2.07. The van der Waals surface area contributed by atoms with Gasteiger partial charge in [0.1, 0.15) is 17.1 Å². The standard InChI is InChI=1S/C22H18N4OS/c1-27-16-6-4-5-14(11-16)19-10-9-15(13-24-19)25-26-20-12-21(28)17-7-2-3-8-18(17)22(20)23/h2-13,28H,23H2,1H3. The fourth-order valence-electron chi connectivity index (χ4n) is 2.96. The minimum absolute atomic E-state index is 0.582. The average molecular weight is 386 g/mol. The molecule has 0 aliphatic carbocycles. The van der Waals surface area contributed by atoms with Crippen molar-refractivity contribution < 1.29 is 4.74 Å². The predicted molar refractivity (Wildman–Crippen MR) is 116 cm³/mol. The molecule has 0 aliphatic rings. The van der Waals surface area contributed by atoms with E-state index in [0.29, 0.717) is 17.1 Å². The molecule has 0 unspecified atom stereocenters. The second-order valence-corrected chi connectivity index (χ2v) is 6.69. The number of anilines is 1. The van der Waals surface area contributed by atoms with Gasteiger partial charge in [0.05, 0.1) is 24.7 Å². The van der Waals surface area contributed by atoms with Gasteiger partial charge in [-0.05, 0) is 35.7 Å². The minimum Gasteiger partial charge on any atom is -0.497 e. The van der Waals surface area contributed by atoms with Crippen LogP contribution >= 0.6 is 12.6 Å². The second kappa shape index (κ2) is 7.70. The molecule has 0 radical (unpaired) electrons. The van der Waals surface area contributed by atoms with Crippen molar-refractivity contribution >= 4 is 40.5 Å². The first-order valence-electron chi connectivity index (χ1n) is 8.68. The van der Waals surface area contributed by atoms with E-state index in [9.17, 15) is 0 Å². The maximum absolute atomic E-state index is 6.26. The molecule has 0 saturated heterocycles. The van der Waals surface area contributed by atoms with Gasteiger partial charge in [-0.3, -0.25) is 4.98 Å². The van der Waals surface area contributed by atoms with E-state index in [1.807, 2.05) is 66.7 Å². The van der Waals surface area contributed by atoms with E-state index in [2.05, 4.69) is 27.8 Å². The van der Waals surface area contributed by atoms with E-state index < -0.39 is 0 Å². The van der Waals surface area contributed by atoms with Crippen molar-refractivity contribution in [2.75, 3.05) is 12.8 Å². The number of thiol groups is 1. The highest BCUT2D eigenvalue weighted by atomic mass is 32.1. The smallest absolute Gasteiger partial charge is 0.119 e. The quantitative estimate of drug-likeness (QED) is 0.249. The third-order valence-electron chi connectivity index (χ3n) is 4.43. The van der Waals surface area contributed by atoms with Crippen LogP contribution in [-0.2, 0) is 0 Å². The molecule has 4 aromatic rings. The highest BCUT2D eigenvalue weighted by Crippen LogP contribution is 2.36. The van der Waals surface area contributed by atoms with E-state index in [0.717, 1.165) is 32.7 Å². The van der Waals surface area contributed by atoms with Crippen molar-refractivity contribution in [3.05, 3.63) is 72.9 Å². The SMILES string of the molecule is COc1cccc(-c2ccc(N=Nc3cc(S)c4ccccc4c3N)cn2)c1. The second-order valence-electron chi connectivity index (χ2n) is 6.21. The van der Waals surface area contributed by atoms with Crippen molar-refractivity contribution in [1.82, 2.24) is 4.98 Å². The summed E-state index contributed by atoms with van der Waals surface area (Å²) in [6.07, 6.45) is 1.68. The summed E-state index contributed by atoms with van der Waals surface area (Å²) < 4.78 is 5.26. The van der Waals surface area contributed by atoms with Crippen molar-refractivity contribution in [2.24, 2.45) is 10.2 Å². The number of benzene rings is 3. The molecule has 0 fully saturated rings. The van der Waals surface area contributed by atoms with Gasteiger partial charge < -0.3 is 10.5 Å². The lowest BCUT2D eigenvalue weighted by Crippen LogP contribution is -1.89. The largest absolute Gasteiger partial charge is 0.497 e. The molecule has 0 aliphatic heterocycles. The van der Waals surface area contributed by atoms with Gasteiger partial charge in [0.15, 0.2) is 0 Å². The van der Waals surface area contributed by atoms with Gasteiger partial charge in [0.25, 0.3) is 0 Å². The Hall–Kier alpha value is -3.38. The molecule has 0 amide bonds. The number of hydrogen-bond donors (Lipinski definition) is 2. The summed E-state index contributed by atoms with van der Waals surface area (Å²) in [6.45, 7) is 0. The van der Waals surface area contributed by atoms with Crippen LogP contribution in [0.2, 0.25) is 0 Å². The number of aromatic nitrogens is 1. The van der Waals surface area contributed by atoms with E-state index in [-0.39, 0.29) is 0 Å². The summed E-state index contributed by atoms with van der Waals surface area (Å²) in [7, 11) is 1.64. The number of nitrogens with zero attached hydrogens (tertiary/aromatic N) is 3. The van der Waals surface area contributed by atoms with Gasteiger partial charge in [-0.1, -0.05) is 36.4 Å². The third-order valence-corrected chi connectivity index (χ3v) is 4.80. The molecule has 28 heavy (non-hydrogen) atoms. The summed E-state index contributed by atoms with van der Waals surface area (Å²) in [4.78, 5) is 5.28. The number of methoxy groups -OCH3 is 1. The van der Waals surface area contributed by atoms with Gasteiger partial charge in [-0.25, -0.2) is 0 Å². The first-order chi connectivity index (χ1) is 13.7. The normalized spacial score (nSPS) is 11.2. The van der Waals surface area contributed by atoms with E-state index in [1.165, 1.54) is 0 Å². The lowest BCUT2D eigenvalue weighted by atomic mass is 10.1. The number of rotatable bonds is 4. The number of azo groups is 1. The average Bonchev–Trinajstić information content (AvgIpc) is 2.76. The fourth-order valence-corrected chi connectivity index (χ4v) is 3.27. The first-order valence-corrected chi connectivity index (χ1v) is 9.13. The number of ether oxygens (including phenoxy) is 1. The van der Waals surface area contributed by atoms with Crippen molar-refractivity contribution in [1.29, 1.82) is 0 Å². The van der Waals surface area contributed by atoms with Crippen molar-refractivity contribution in [3.63, 3.8) is 0 Å². The van der Waals surface area contributed by atoms with Crippen LogP contribution in [0, 0.1) is 0 Å². The molecule has 2 N–H and O–H groups in total. The van der Waals surface area contributed by atoms with Gasteiger partial charge in [-0.15, -0.1) is 22.9 Å². The van der Waals surface area contributed by atoms with Crippen molar-refractivity contribution in [3.8, 4) is 17.0 Å². The molecule has 0 saturated carbocycles. The van der Waals surface area contributed by atoms with Gasteiger partial charge in [0.2, 0.25) is 0 Å².